The van der Waals surface area contributed by atoms with Gasteiger partial charge in [-0.25, -0.2) is 15.0 Å². The van der Waals surface area contributed by atoms with Crippen molar-refractivity contribution in [2.75, 3.05) is 0 Å². The molecule has 3 heterocycles. The molecular formula is C16H15BrN4O. The summed E-state index contributed by atoms with van der Waals surface area (Å²) in [5.41, 5.74) is 4.05. The molecule has 112 valence electrons. The average Bonchev–Trinajstić information content (AvgIpc) is 3.26. The van der Waals surface area contributed by atoms with Crippen molar-refractivity contribution in [2.24, 2.45) is 0 Å². The maximum Gasteiger partial charge on any atom is 0.216 e. The number of aryl methyl sites for hydroxylation is 1. The molecule has 0 atom stereocenters. The first-order valence-electron chi connectivity index (χ1n) is 7.27. The average molecular weight is 359 g/mol. The van der Waals surface area contributed by atoms with Crippen LogP contribution in [0.5, 0.6) is 5.88 Å². The zero-order valence-corrected chi connectivity index (χ0v) is 13.7. The minimum Gasteiger partial charge on any atom is -0.471 e. The van der Waals surface area contributed by atoms with Gasteiger partial charge in [0.25, 0.3) is 0 Å². The monoisotopic (exact) mass is 358 g/mol. The quantitative estimate of drug-likeness (QED) is 0.714. The highest BCUT2D eigenvalue weighted by molar-refractivity contribution is 9.10. The van der Waals surface area contributed by atoms with Crippen LogP contribution in [-0.4, -0.2) is 19.4 Å². The fraction of sp³-hybridized carbons (Fsp3) is 0.312. The Morgan fingerprint density at radius 1 is 1.27 bits per heavy atom. The molecule has 0 bridgehead atoms. The number of hydrogen-bond acceptors (Lipinski definition) is 4. The molecular weight excluding hydrogens is 344 g/mol. The van der Waals surface area contributed by atoms with Crippen molar-refractivity contribution in [3.05, 3.63) is 52.3 Å². The molecule has 22 heavy (non-hydrogen) atoms. The predicted octanol–water partition coefficient (Wildman–Crippen LogP) is 3.65. The molecule has 0 amide bonds. The minimum absolute atomic E-state index is 0.392. The van der Waals surface area contributed by atoms with Gasteiger partial charge in [0.05, 0.1) is 10.2 Å². The highest BCUT2D eigenvalue weighted by Gasteiger charge is 2.24. The molecule has 5 nitrogen and oxygen atoms in total. The molecule has 6 heteroatoms. The summed E-state index contributed by atoms with van der Waals surface area (Å²) in [6.07, 6.45) is 8.27. The third kappa shape index (κ3) is 2.70. The highest BCUT2D eigenvalue weighted by Crippen LogP contribution is 2.41. The van der Waals surface area contributed by atoms with E-state index in [1.807, 2.05) is 19.2 Å². The zero-order chi connectivity index (χ0) is 15.1. The van der Waals surface area contributed by atoms with Crippen molar-refractivity contribution in [3.63, 3.8) is 0 Å². The van der Waals surface area contributed by atoms with Crippen LogP contribution in [0.4, 0.5) is 0 Å². The molecule has 1 aliphatic carbocycles. The number of pyridine rings is 1. The van der Waals surface area contributed by atoms with Crippen molar-refractivity contribution in [3.8, 4) is 5.88 Å². The summed E-state index contributed by atoms with van der Waals surface area (Å²) in [5.74, 6) is 1.29. The molecule has 1 saturated carbocycles. The van der Waals surface area contributed by atoms with Gasteiger partial charge in [-0.15, -0.1) is 0 Å². The van der Waals surface area contributed by atoms with E-state index in [-0.39, 0.29) is 0 Å². The van der Waals surface area contributed by atoms with Gasteiger partial charge >= 0.3 is 0 Å². The molecule has 0 aromatic carbocycles. The van der Waals surface area contributed by atoms with Crippen LogP contribution in [0.1, 0.15) is 35.7 Å². The summed E-state index contributed by atoms with van der Waals surface area (Å²) in [4.78, 5) is 12.8. The topological polar surface area (TPSA) is 52.3 Å². The largest absolute Gasteiger partial charge is 0.471 e. The Morgan fingerprint density at radius 3 is 2.91 bits per heavy atom. The fourth-order valence-corrected chi connectivity index (χ4v) is 3.05. The predicted molar refractivity (Wildman–Crippen MR) is 86.0 cm³/mol. The summed E-state index contributed by atoms with van der Waals surface area (Å²) < 4.78 is 8.79. The lowest BCUT2D eigenvalue weighted by Gasteiger charge is -2.02. The molecule has 0 saturated heterocycles. The second kappa shape index (κ2) is 5.35. The Hall–Kier alpha value is -1.95. The van der Waals surface area contributed by atoms with Crippen molar-refractivity contribution >= 4 is 21.6 Å². The lowest BCUT2D eigenvalue weighted by atomic mass is 10.2. The van der Waals surface area contributed by atoms with Crippen LogP contribution in [0.3, 0.4) is 0 Å². The zero-order valence-electron chi connectivity index (χ0n) is 12.2. The van der Waals surface area contributed by atoms with Gasteiger partial charge in [0.2, 0.25) is 5.88 Å². The Morgan fingerprint density at radius 2 is 2.14 bits per heavy atom. The highest BCUT2D eigenvalue weighted by atomic mass is 79.9. The first-order valence-corrected chi connectivity index (χ1v) is 8.07. The molecule has 4 rings (SSSR count). The maximum absolute atomic E-state index is 5.69. The third-order valence-corrected chi connectivity index (χ3v) is 4.36. The Bertz CT molecular complexity index is 841. The second-order valence-corrected chi connectivity index (χ2v) is 6.50. The van der Waals surface area contributed by atoms with Crippen molar-refractivity contribution in [2.45, 2.75) is 32.3 Å². The third-order valence-electron chi connectivity index (χ3n) is 3.77. The summed E-state index contributed by atoms with van der Waals surface area (Å²) in [5, 5.41) is 0. The first kappa shape index (κ1) is 13.7. The van der Waals surface area contributed by atoms with Gasteiger partial charge in [0.1, 0.15) is 12.9 Å². The van der Waals surface area contributed by atoms with Crippen LogP contribution in [0.2, 0.25) is 0 Å². The first-order chi connectivity index (χ1) is 10.7. The fourth-order valence-electron chi connectivity index (χ4n) is 2.49. The molecule has 3 aromatic heterocycles. The molecule has 0 spiro atoms. The van der Waals surface area contributed by atoms with Gasteiger partial charge < -0.3 is 9.14 Å². The number of imidazole rings is 1. The molecule has 1 fully saturated rings. The lowest BCUT2D eigenvalue weighted by molar-refractivity contribution is 0.289. The van der Waals surface area contributed by atoms with Crippen LogP contribution in [-0.2, 0) is 6.61 Å². The smallest absolute Gasteiger partial charge is 0.216 e. The number of rotatable bonds is 4. The summed E-state index contributed by atoms with van der Waals surface area (Å²) >= 11 is 3.62. The van der Waals surface area contributed by atoms with E-state index >= 15 is 0 Å². The SMILES string of the molecule is Cc1cc(OCc2cn3cc(C4CC4)cc(Br)c3n2)ncn1. The van der Waals surface area contributed by atoms with Gasteiger partial charge in [-0.05, 0) is 53.2 Å². The van der Waals surface area contributed by atoms with Gasteiger partial charge in [0.15, 0.2) is 5.65 Å². The maximum atomic E-state index is 5.69. The number of ether oxygens (including phenoxy) is 1. The van der Waals surface area contributed by atoms with E-state index in [1.165, 1.54) is 24.7 Å². The van der Waals surface area contributed by atoms with E-state index in [4.69, 9.17) is 4.74 Å². The minimum atomic E-state index is 0.392. The molecule has 3 aromatic rings. The van der Waals surface area contributed by atoms with Gasteiger partial charge in [-0.1, -0.05) is 0 Å². The van der Waals surface area contributed by atoms with Crippen molar-refractivity contribution in [1.82, 2.24) is 19.4 Å². The van der Waals surface area contributed by atoms with Crippen LogP contribution in [0.15, 0.2) is 35.3 Å². The van der Waals surface area contributed by atoms with E-state index in [0.29, 0.717) is 18.4 Å². The van der Waals surface area contributed by atoms with Gasteiger partial charge in [0, 0.05) is 24.2 Å². The molecule has 1 aliphatic rings. The normalized spacial score (nSPS) is 14.5. The number of halogens is 1. The molecule has 0 aliphatic heterocycles. The van der Waals surface area contributed by atoms with Gasteiger partial charge in [-0.3, -0.25) is 0 Å². The van der Waals surface area contributed by atoms with Crippen LogP contribution >= 0.6 is 15.9 Å². The van der Waals surface area contributed by atoms with Crippen molar-refractivity contribution in [1.29, 1.82) is 0 Å². The Kier molecular flexibility index (Phi) is 3.33. The van der Waals surface area contributed by atoms with Crippen LogP contribution in [0.25, 0.3) is 5.65 Å². The Labute approximate surface area is 136 Å². The summed E-state index contributed by atoms with van der Waals surface area (Å²) in [6.45, 7) is 2.30. The van der Waals surface area contributed by atoms with E-state index in [1.54, 1.807) is 0 Å². The molecule has 0 N–H and O–H groups in total. The van der Waals surface area contributed by atoms with Crippen molar-refractivity contribution < 1.29 is 4.74 Å². The Balaban J connectivity index is 1.58. The molecule has 0 radical (unpaired) electrons. The van der Waals surface area contributed by atoms with Crippen LogP contribution in [0, 0.1) is 6.92 Å². The number of hydrogen-bond donors (Lipinski definition) is 0. The van der Waals surface area contributed by atoms with E-state index < -0.39 is 0 Å². The number of nitrogens with zero attached hydrogens (tertiary/aromatic N) is 4. The summed E-state index contributed by atoms with van der Waals surface area (Å²) in [6, 6.07) is 4.00. The standard InChI is InChI=1S/C16H15BrN4O/c1-10-4-15(19-9-18-10)22-8-13-7-21-6-12(11-2-3-11)5-14(17)16(21)20-13/h4-7,9,11H,2-3,8H2,1H3. The van der Waals surface area contributed by atoms with E-state index in [9.17, 15) is 0 Å². The van der Waals surface area contributed by atoms with E-state index in [2.05, 4.69) is 47.5 Å². The molecule has 0 unspecified atom stereocenters. The van der Waals surface area contributed by atoms with E-state index in [0.717, 1.165) is 21.5 Å². The van der Waals surface area contributed by atoms with Crippen LogP contribution < -0.4 is 4.74 Å². The lowest BCUT2D eigenvalue weighted by Crippen LogP contribution is -1.98. The number of aromatic nitrogens is 4. The van der Waals surface area contributed by atoms with Gasteiger partial charge in [-0.2, -0.15) is 0 Å². The summed E-state index contributed by atoms with van der Waals surface area (Å²) in [7, 11) is 0. The number of fused-ring (bicyclic) bond motifs is 1. The second-order valence-electron chi connectivity index (χ2n) is 5.65.